The van der Waals surface area contributed by atoms with Gasteiger partial charge in [-0.1, -0.05) is 60.1 Å². The number of nitro benzene ring substituents is 1. The Labute approximate surface area is 178 Å². The quantitative estimate of drug-likeness (QED) is 0.159. The van der Waals surface area contributed by atoms with Crippen LogP contribution in [0.1, 0.15) is 11.1 Å². The molecule has 0 saturated heterocycles. The van der Waals surface area contributed by atoms with Crippen molar-refractivity contribution in [1.29, 1.82) is 0 Å². The number of halogens is 4. The van der Waals surface area contributed by atoms with E-state index in [0.717, 1.165) is 39.2 Å². The summed E-state index contributed by atoms with van der Waals surface area (Å²) in [6, 6.07) is 17.1. The number of nitrogens with zero attached hydrogens (tertiary/aromatic N) is 2. The maximum Gasteiger partial charge on any atom is 0.416 e. The van der Waals surface area contributed by atoms with E-state index in [1.165, 1.54) is 6.21 Å². The van der Waals surface area contributed by atoms with Crippen molar-refractivity contribution < 1.29 is 18.1 Å². The maximum absolute atomic E-state index is 12.9. The molecule has 4 aromatic carbocycles. The summed E-state index contributed by atoms with van der Waals surface area (Å²) in [6.45, 7) is 0. The van der Waals surface area contributed by atoms with E-state index in [-0.39, 0.29) is 5.69 Å². The van der Waals surface area contributed by atoms with E-state index >= 15 is 0 Å². The molecule has 9 heteroatoms. The third-order valence-corrected chi connectivity index (χ3v) is 5.22. The van der Waals surface area contributed by atoms with Crippen molar-refractivity contribution in [3.05, 3.63) is 93.0 Å². The molecule has 0 bridgehead atoms. The van der Waals surface area contributed by atoms with Gasteiger partial charge in [-0.15, -0.1) is 0 Å². The SMILES string of the molecule is O=[N+]([O-])c1cc(C(F)(F)F)ccc1NN=Cc1c2ccccc2c(Cl)c2ccccc12. The van der Waals surface area contributed by atoms with Crippen LogP contribution in [-0.4, -0.2) is 11.1 Å². The zero-order valence-corrected chi connectivity index (χ0v) is 16.4. The number of hydrazone groups is 1. The largest absolute Gasteiger partial charge is 0.416 e. The van der Waals surface area contributed by atoms with Gasteiger partial charge in [0.15, 0.2) is 0 Å². The molecule has 4 aromatic rings. The van der Waals surface area contributed by atoms with Gasteiger partial charge in [0.2, 0.25) is 0 Å². The third-order valence-electron chi connectivity index (χ3n) is 4.81. The molecule has 0 radical (unpaired) electrons. The molecule has 0 aliphatic carbocycles. The van der Waals surface area contributed by atoms with Gasteiger partial charge in [0, 0.05) is 22.4 Å². The van der Waals surface area contributed by atoms with Gasteiger partial charge < -0.3 is 0 Å². The van der Waals surface area contributed by atoms with E-state index in [4.69, 9.17) is 11.6 Å². The Balaban J connectivity index is 1.78. The molecule has 0 fully saturated rings. The first-order chi connectivity index (χ1) is 14.8. The maximum atomic E-state index is 12.9. The molecule has 5 nitrogen and oxygen atoms in total. The minimum absolute atomic E-state index is 0.156. The second kappa shape index (κ2) is 7.88. The van der Waals surface area contributed by atoms with Gasteiger partial charge in [-0.05, 0) is 22.9 Å². The Morgan fingerprint density at radius 3 is 2.00 bits per heavy atom. The fraction of sp³-hybridized carbons (Fsp3) is 0.0455. The number of anilines is 1. The molecular formula is C22H13ClF3N3O2. The van der Waals surface area contributed by atoms with Gasteiger partial charge in [-0.2, -0.15) is 18.3 Å². The van der Waals surface area contributed by atoms with E-state index in [0.29, 0.717) is 11.1 Å². The number of benzene rings is 4. The van der Waals surface area contributed by atoms with Crippen molar-refractivity contribution in [2.24, 2.45) is 5.10 Å². The number of hydrogen-bond acceptors (Lipinski definition) is 4. The number of rotatable bonds is 4. The lowest BCUT2D eigenvalue weighted by Gasteiger charge is -2.11. The highest BCUT2D eigenvalue weighted by molar-refractivity contribution is 6.42. The van der Waals surface area contributed by atoms with Crippen molar-refractivity contribution in [1.82, 2.24) is 0 Å². The zero-order valence-electron chi connectivity index (χ0n) is 15.7. The second-order valence-electron chi connectivity index (χ2n) is 6.68. The molecule has 0 unspecified atom stereocenters. The number of nitrogens with one attached hydrogen (secondary N) is 1. The Hall–Kier alpha value is -3.65. The Kier molecular flexibility index (Phi) is 5.24. The van der Waals surface area contributed by atoms with Crippen molar-refractivity contribution in [3.8, 4) is 0 Å². The summed E-state index contributed by atoms with van der Waals surface area (Å²) in [7, 11) is 0. The minimum Gasteiger partial charge on any atom is -0.272 e. The van der Waals surface area contributed by atoms with E-state index in [1.807, 2.05) is 48.5 Å². The lowest BCUT2D eigenvalue weighted by molar-refractivity contribution is -0.384. The van der Waals surface area contributed by atoms with Gasteiger partial charge >= 0.3 is 6.18 Å². The van der Waals surface area contributed by atoms with Crippen LogP contribution in [0.4, 0.5) is 24.5 Å². The van der Waals surface area contributed by atoms with Crippen LogP contribution >= 0.6 is 11.6 Å². The Bertz CT molecular complexity index is 1300. The fourth-order valence-electron chi connectivity index (χ4n) is 3.37. The van der Waals surface area contributed by atoms with Gasteiger partial charge in [0.1, 0.15) is 5.69 Å². The van der Waals surface area contributed by atoms with E-state index in [2.05, 4.69) is 10.5 Å². The number of fused-ring (bicyclic) bond motifs is 2. The molecule has 0 heterocycles. The van der Waals surface area contributed by atoms with Gasteiger partial charge in [-0.3, -0.25) is 15.5 Å². The molecule has 0 amide bonds. The first-order valence-electron chi connectivity index (χ1n) is 9.01. The van der Waals surface area contributed by atoms with Gasteiger partial charge in [0.25, 0.3) is 5.69 Å². The smallest absolute Gasteiger partial charge is 0.272 e. The second-order valence-corrected chi connectivity index (χ2v) is 7.05. The molecule has 0 saturated carbocycles. The molecule has 31 heavy (non-hydrogen) atoms. The van der Waals surface area contributed by atoms with E-state index in [1.54, 1.807) is 0 Å². The summed E-state index contributed by atoms with van der Waals surface area (Å²) in [6.07, 6.45) is -3.21. The van der Waals surface area contributed by atoms with Crippen LogP contribution in [0.25, 0.3) is 21.5 Å². The van der Waals surface area contributed by atoms with Crippen LogP contribution in [0.15, 0.2) is 71.8 Å². The molecule has 0 spiro atoms. The summed E-state index contributed by atoms with van der Waals surface area (Å²) >= 11 is 6.56. The van der Waals surface area contributed by atoms with Crippen molar-refractivity contribution >= 4 is 50.7 Å². The molecule has 4 rings (SSSR count). The Morgan fingerprint density at radius 1 is 0.935 bits per heavy atom. The summed E-state index contributed by atoms with van der Waals surface area (Å²) < 4.78 is 38.6. The standard InChI is InChI=1S/C22H13ClF3N3O2/c23-21-16-7-3-1-5-14(16)18(15-6-2-4-8-17(15)21)12-27-28-19-10-9-13(22(24,25)26)11-20(19)29(30)31/h1-12,28H. The van der Waals surface area contributed by atoms with Crippen LogP contribution in [0.5, 0.6) is 0 Å². The molecule has 0 atom stereocenters. The van der Waals surface area contributed by atoms with Crippen molar-refractivity contribution in [2.45, 2.75) is 6.18 Å². The van der Waals surface area contributed by atoms with Crippen LogP contribution < -0.4 is 5.43 Å². The number of nitro groups is 1. The summed E-state index contributed by atoms with van der Waals surface area (Å²) in [5, 5.41) is 19.2. The first-order valence-corrected chi connectivity index (χ1v) is 9.39. The van der Waals surface area contributed by atoms with Crippen LogP contribution in [-0.2, 0) is 6.18 Å². The van der Waals surface area contributed by atoms with E-state index in [9.17, 15) is 23.3 Å². The predicted octanol–water partition coefficient (Wildman–Crippen LogP) is 7.02. The highest BCUT2D eigenvalue weighted by atomic mass is 35.5. The summed E-state index contributed by atoms with van der Waals surface area (Å²) in [5.74, 6) is 0. The number of alkyl halides is 3. The monoisotopic (exact) mass is 443 g/mol. The molecule has 156 valence electrons. The molecule has 0 aliphatic heterocycles. The Morgan fingerprint density at radius 2 is 1.48 bits per heavy atom. The first kappa shape index (κ1) is 20.6. The summed E-state index contributed by atoms with van der Waals surface area (Å²) in [4.78, 5) is 10.4. The van der Waals surface area contributed by atoms with Crippen molar-refractivity contribution in [3.63, 3.8) is 0 Å². The minimum atomic E-state index is -4.69. The highest BCUT2D eigenvalue weighted by Gasteiger charge is 2.33. The average molecular weight is 444 g/mol. The highest BCUT2D eigenvalue weighted by Crippen LogP contribution is 2.36. The normalized spacial score (nSPS) is 12.0. The van der Waals surface area contributed by atoms with Crippen LogP contribution in [0, 0.1) is 10.1 Å². The molecule has 0 aromatic heterocycles. The third kappa shape index (κ3) is 3.89. The fourth-order valence-corrected chi connectivity index (χ4v) is 3.70. The molecular weight excluding hydrogens is 431 g/mol. The molecule has 0 aliphatic rings. The van der Waals surface area contributed by atoms with Gasteiger partial charge in [-0.25, -0.2) is 0 Å². The number of hydrogen-bond donors (Lipinski definition) is 1. The van der Waals surface area contributed by atoms with E-state index < -0.39 is 22.4 Å². The van der Waals surface area contributed by atoms with Crippen molar-refractivity contribution in [2.75, 3.05) is 5.43 Å². The summed E-state index contributed by atoms with van der Waals surface area (Å²) in [5.41, 5.74) is 1.23. The van der Waals surface area contributed by atoms with Gasteiger partial charge in [0.05, 0.1) is 21.7 Å². The lowest BCUT2D eigenvalue weighted by Crippen LogP contribution is -2.06. The topological polar surface area (TPSA) is 67.5 Å². The van der Waals surface area contributed by atoms with Crippen LogP contribution in [0.2, 0.25) is 5.02 Å². The lowest BCUT2D eigenvalue weighted by atomic mass is 9.97. The molecule has 1 N–H and O–H groups in total. The predicted molar refractivity (Wildman–Crippen MR) is 116 cm³/mol. The average Bonchev–Trinajstić information content (AvgIpc) is 2.75. The van der Waals surface area contributed by atoms with Crippen LogP contribution in [0.3, 0.4) is 0 Å². The zero-order chi connectivity index (χ0) is 22.2.